The summed E-state index contributed by atoms with van der Waals surface area (Å²) in [4.78, 5) is 30.6. The number of carbonyl (C=O) groups excluding carboxylic acids is 2. The second-order valence-corrected chi connectivity index (χ2v) is 6.98. The van der Waals surface area contributed by atoms with E-state index in [1.54, 1.807) is 29.5 Å². The number of amides is 2. The van der Waals surface area contributed by atoms with Gasteiger partial charge < -0.3 is 15.0 Å². The molecule has 0 radical (unpaired) electrons. The average molecular weight is 359 g/mol. The Balaban J connectivity index is 1.74. The predicted octanol–water partition coefficient (Wildman–Crippen LogP) is 1.71. The molecule has 1 aliphatic rings. The number of benzene rings is 1. The Bertz CT molecular complexity index is 748. The Morgan fingerprint density at radius 1 is 1.44 bits per heavy atom. The zero-order chi connectivity index (χ0) is 17.8. The number of likely N-dealkylation sites (N-methyl/N-ethyl adjacent to an activating group) is 1. The van der Waals surface area contributed by atoms with E-state index in [4.69, 9.17) is 4.74 Å². The van der Waals surface area contributed by atoms with Crippen molar-refractivity contribution in [2.75, 3.05) is 20.2 Å². The van der Waals surface area contributed by atoms with Crippen molar-refractivity contribution < 1.29 is 14.3 Å². The fourth-order valence-electron chi connectivity index (χ4n) is 2.99. The van der Waals surface area contributed by atoms with Crippen molar-refractivity contribution in [3.05, 3.63) is 52.0 Å². The zero-order valence-electron chi connectivity index (χ0n) is 14.3. The minimum atomic E-state index is -0.722. The first-order chi connectivity index (χ1) is 12.1. The first-order valence-electron chi connectivity index (χ1n) is 8.17. The number of morpholine rings is 1. The van der Waals surface area contributed by atoms with Gasteiger partial charge in [-0.25, -0.2) is 4.98 Å². The van der Waals surface area contributed by atoms with Crippen LogP contribution in [0.4, 0.5) is 0 Å². The molecule has 2 atom stereocenters. The van der Waals surface area contributed by atoms with Gasteiger partial charge in [-0.2, -0.15) is 0 Å². The van der Waals surface area contributed by atoms with Crippen LogP contribution in [0.1, 0.15) is 22.2 Å². The molecule has 0 unspecified atom stereocenters. The van der Waals surface area contributed by atoms with Crippen LogP contribution < -0.4 is 5.32 Å². The summed E-state index contributed by atoms with van der Waals surface area (Å²) < 4.78 is 5.62. The van der Waals surface area contributed by atoms with Crippen LogP contribution in [-0.4, -0.2) is 48.0 Å². The summed E-state index contributed by atoms with van der Waals surface area (Å²) in [5.41, 5.74) is 1.95. The van der Waals surface area contributed by atoms with Crippen LogP contribution in [-0.2, 0) is 20.7 Å². The number of aryl methyl sites for hydroxylation is 1. The molecule has 3 rings (SSSR count). The predicted molar refractivity (Wildman–Crippen MR) is 95.3 cm³/mol. The maximum Gasteiger partial charge on any atom is 0.251 e. The number of carbonyl (C=O) groups is 2. The molecule has 25 heavy (non-hydrogen) atoms. The molecule has 0 aliphatic carbocycles. The van der Waals surface area contributed by atoms with E-state index in [-0.39, 0.29) is 18.4 Å². The summed E-state index contributed by atoms with van der Waals surface area (Å²) in [5, 5.41) is 5.80. The van der Waals surface area contributed by atoms with Crippen LogP contribution in [0.5, 0.6) is 0 Å². The summed E-state index contributed by atoms with van der Waals surface area (Å²) in [5.74, 6) is -0.329. The maximum atomic E-state index is 12.7. The van der Waals surface area contributed by atoms with Gasteiger partial charge in [0.05, 0.1) is 11.0 Å². The Morgan fingerprint density at radius 3 is 2.96 bits per heavy atom. The van der Waals surface area contributed by atoms with E-state index < -0.39 is 12.1 Å². The Hall–Kier alpha value is -2.25. The number of hydrogen-bond donors (Lipinski definition) is 1. The van der Waals surface area contributed by atoms with E-state index in [0.29, 0.717) is 13.0 Å². The minimum absolute atomic E-state index is 0.0799. The van der Waals surface area contributed by atoms with Gasteiger partial charge in [-0.1, -0.05) is 24.3 Å². The van der Waals surface area contributed by atoms with Crippen molar-refractivity contribution in [3.8, 4) is 0 Å². The monoisotopic (exact) mass is 359 g/mol. The van der Waals surface area contributed by atoms with Crippen LogP contribution in [0.2, 0.25) is 0 Å². The number of nitrogens with zero attached hydrogens (tertiary/aromatic N) is 2. The van der Waals surface area contributed by atoms with Crippen molar-refractivity contribution >= 4 is 23.2 Å². The lowest BCUT2D eigenvalue weighted by molar-refractivity contribution is -0.162. The molecule has 2 amide bonds. The average Bonchev–Trinajstić information content (AvgIpc) is 3.11. The maximum absolute atomic E-state index is 12.7. The van der Waals surface area contributed by atoms with E-state index in [1.807, 2.05) is 36.6 Å². The molecule has 2 aromatic rings. The second-order valence-electron chi connectivity index (χ2n) is 6.00. The van der Waals surface area contributed by atoms with Gasteiger partial charge in [0.25, 0.3) is 5.91 Å². The van der Waals surface area contributed by atoms with Gasteiger partial charge in [0.2, 0.25) is 5.91 Å². The van der Waals surface area contributed by atoms with Crippen molar-refractivity contribution in [2.24, 2.45) is 0 Å². The van der Waals surface area contributed by atoms with Gasteiger partial charge >= 0.3 is 0 Å². The molecule has 1 fully saturated rings. The molecule has 7 heteroatoms. The SMILES string of the molecule is Cc1ccccc1[C@@H]1[C@@H](C(=O)NCCc2nccs2)OCC(=O)N1C. The van der Waals surface area contributed by atoms with E-state index in [0.717, 1.165) is 16.1 Å². The molecule has 1 saturated heterocycles. The second kappa shape index (κ2) is 7.76. The Labute approximate surface area is 150 Å². The van der Waals surface area contributed by atoms with Crippen molar-refractivity contribution in [1.82, 2.24) is 15.2 Å². The summed E-state index contributed by atoms with van der Waals surface area (Å²) in [7, 11) is 1.72. The fourth-order valence-corrected chi connectivity index (χ4v) is 3.61. The van der Waals surface area contributed by atoms with Crippen LogP contribution in [0.3, 0.4) is 0 Å². The van der Waals surface area contributed by atoms with Gasteiger partial charge in [0, 0.05) is 31.6 Å². The Kier molecular flexibility index (Phi) is 5.45. The third kappa shape index (κ3) is 3.88. The third-order valence-corrected chi connectivity index (χ3v) is 5.21. The lowest BCUT2D eigenvalue weighted by Crippen LogP contribution is -2.53. The first-order valence-corrected chi connectivity index (χ1v) is 9.04. The minimum Gasteiger partial charge on any atom is -0.356 e. The molecule has 6 nitrogen and oxygen atoms in total. The lowest BCUT2D eigenvalue weighted by atomic mass is 9.94. The highest BCUT2D eigenvalue weighted by Crippen LogP contribution is 2.31. The molecule has 0 saturated carbocycles. The number of rotatable bonds is 5. The summed E-state index contributed by atoms with van der Waals surface area (Å²) >= 11 is 1.56. The van der Waals surface area contributed by atoms with Gasteiger partial charge in [-0.05, 0) is 18.1 Å². The van der Waals surface area contributed by atoms with Gasteiger partial charge in [0.1, 0.15) is 6.61 Å². The number of thiazole rings is 1. The topological polar surface area (TPSA) is 71.5 Å². The fraction of sp³-hybridized carbons (Fsp3) is 0.389. The number of ether oxygens (including phenoxy) is 1. The standard InChI is InChI=1S/C18H21N3O3S/c1-12-5-3-4-6-13(12)16-17(24-11-15(22)21(16)2)18(23)20-8-7-14-19-9-10-25-14/h3-6,9-10,16-17H,7-8,11H2,1-2H3,(H,20,23)/t16-,17+/m1/s1. The molecule has 1 aromatic heterocycles. The molecule has 0 spiro atoms. The molecule has 0 bridgehead atoms. The molecule has 2 heterocycles. The van der Waals surface area contributed by atoms with Crippen LogP contribution in [0, 0.1) is 6.92 Å². The number of hydrogen-bond acceptors (Lipinski definition) is 5. The van der Waals surface area contributed by atoms with E-state index >= 15 is 0 Å². The highest BCUT2D eigenvalue weighted by atomic mass is 32.1. The normalized spacial score (nSPS) is 20.6. The summed E-state index contributed by atoms with van der Waals surface area (Å²) in [6, 6.07) is 7.33. The molecule has 132 valence electrons. The number of nitrogens with one attached hydrogen (secondary N) is 1. The highest BCUT2D eigenvalue weighted by molar-refractivity contribution is 7.09. The van der Waals surface area contributed by atoms with Crippen molar-refractivity contribution in [3.63, 3.8) is 0 Å². The summed E-state index contributed by atoms with van der Waals surface area (Å²) in [6.07, 6.45) is 1.71. The van der Waals surface area contributed by atoms with Crippen LogP contribution in [0.25, 0.3) is 0 Å². The van der Waals surface area contributed by atoms with Gasteiger partial charge in [0.15, 0.2) is 6.10 Å². The third-order valence-electron chi connectivity index (χ3n) is 4.37. The van der Waals surface area contributed by atoms with E-state index in [1.165, 1.54) is 0 Å². The van der Waals surface area contributed by atoms with Crippen molar-refractivity contribution in [1.29, 1.82) is 0 Å². The molecular formula is C18H21N3O3S. The van der Waals surface area contributed by atoms with Crippen LogP contribution in [0.15, 0.2) is 35.8 Å². The largest absolute Gasteiger partial charge is 0.356 e. The first kappa shape index (κ1) is 17.6. The van der Waals surface area contributed by atoms with E-state index in [9.17, 15) is 9.59 Å². The summed E-state index contributed by atoms with van der Waals surface area (Å²) in [6.45, 7) is 2.38. The molecular weight excluding hydrogens is 338 g/mol. The van der Waals surface area contributed by atoms with Gasteiger partial charge in [-0.3, -0.25) is 9.59 Å². The number of aromatic nitrogens is 1. The van der Waals surface area contributed by atoms with E-state index in [2.05, 4.69) is 10.3 Å². The lowest BCUT2D eigenvalue weighted by Gasteiger charge is -2.38. The quantitative estimate of drug-likeness (QED) is 0.882. The van der Waals surface area contributed by atoms with Crippen LogP contribution >= 0.6 is 11.3 Å². The van der Waals surface area contributed by atoms with Gasteiger partial charge in [-0.15, -0.1) is 11.3 Å². The molecule has 1 aromatic carbocycles. The highest BCUT2D eigenvalue weighted by Gasteiger charge is 2.40. The molecule has 1 aliphatic heterocycles. The zero-order valence-corrected chi connectivity index (χ0v) is 15.1. The molecule has 1 N–H and O–H groups in total. The van der Waals surface area contributed by atoms with Crippen molar-refractivity contribution in [2.45, 2.75) is 25.5 Å². The Morgan fingerprint density at radius 2 is 2.24 bits per heavy atom. The smallest absolute Gasteiger partial charge is 0.251 e.